The summed E-state index contributed by atoms with van der Waals surface area (Å²) in [5.74, 6) is -1.18. The Labute approximate surface area is 115 Å². The molecule has 1 amide bonds. The number of amides is 1. The molecule has 0 aromatic carbocycles. The first-order chi connectivity index (χ1) is 9.02. The van der Waals surface area contributed by atoms with Gasteiger partial charge in [-0.2, -0.15) is 0 Å². The van der Waals surface area contributed by atoms with E-state index in [1.165, 1.54) is 18.3 Å². The fraction of sp³-hybridized carbons (Fsp3) is 0.250. The number of hydrogen-bond donors (Lipinski definition) is 2. The smallest absolute Gasteiger partial charge is 0.408 e. The summed E-state index contributed by atoms with van der Waals surface area (Å²) in [6.07, 6.45) is 2.04. The number of aromatic nitrogens is 1. The molecular formula is C12H13ClN2O4. The lowest BCUT2D eigenvalue weighted by molar-refractivity contribution is -0.139. The standard InChI is InChI=1S/C12H13ClN2O4/c1-2-5-19-12(18)15-10(11(16)17)7-9-6-8(13)3-4-14-9/h2-4,6,10H,1,5,7H2,(H,15,18)(H,16,17)/t10-/m0/s1. The maximum atomic E-state index is 11.3. The number of carbonyl (C=O) groups excluding carboxylic acids is 1. The predicted molar refractivity (Wildman–Crippen MR) is 69.1 cm³/mol. The molecule has 0 aliphatic rings. The molecule has 0 aliphatic carbocycles. The minimum Gasteiger partial charge on any atom is -0.480 e. The van der Waals surface area contributed by atoms with Crippen molar-refractivity contribution in [2.24, 2.45) is 0 Å². The summed E-state index contributed by atoms with van der Waals surface area (Å²) < 4.78 is 4.66. The maximum absolute atomic E-state index is 11.3. The van der Waals surface area contributed by atoms with Crippen molar-refractivity contribution in [2.75, 3.05) is 6.61 Å². The molecule has 0 fully saturated rings. The van der Waals surface area contributed by atoms with E-state index in [-0.39, 0.29) is 13.0 Å². The SMILES string of the molecule is C=CCOC(=O)N[C@@H](Cc1cc(Cl)ccn1)C(=O)O. The molecule has 0 unspecified atom stereocenters. The van der Waals surface area contributed by atoms with E-state index in [1.807, 2.05) is 0 Å². The van der Waals surface area contributed by atoms with Gasteiger partial charge in [0, 0.05) is 23.3 Å². The number of ether oxygens (including phenoxy) is 1. The number of nitrogens with zero attached hydrogens (tertiary/aromatic N) is 1. The minimum atomic E-state index is -1.18. The van der Waals surface area contributed by atoms with Crippen molar-refractivity contribution in [1.29, 1.82) is 0 Å². The van der Waals surface area contributed by atoms with Crippen LogP contribution in [0.25, 0.3) is 0 Å². The second-order valence-electron chi connectivity index (χ2n) is 3.59. The van der Waals surface area contributed by atoms with Crippen LogP contribution >= 0.6 is 11.6 Å². The molecule has 1 heterocycles. The number of alkyl carbamates (subject to hydrolysis) is 1. The van der Waals surface area contributed by atoms with E-state index in [9.17, 15) is 9.59 Å². The average molecular weight is 285 g/mol. The van der Waals surface area contributed by atoms with Crippen LogP contribution in [0.15, 0.2) is 31.0 Å². The molecule has 0 saturated heterocycles. The fourth-order valence-corrected chi connectivity index (χ4v) is 1.47. The third kappa shape index (κ3) is 5.39. The zero-order valence-corrected chi connectivity index (χ0v) is 10.8. The highest BCUT2D eigenvalue weighted by atomic mass is 35.5. The van der Waals surface area contributed by atoms with Gasteiger partial charge in [-0.05, 0) is 12.1 Å². The Balaban J connectivity index is 2.65. The highest BCUT2D eigenvalue weighted by molar-refractivity contribution is 6.30. The number of carboxylic acid groups (broad SMARTS) is 1. The lowest BCUT2D eigenvalue weighted by Crippen LogP contribution is -2.42. The number of carboxylic acids is 1. The molecule has 1 aromatic heterocycles. The van der Waals surface area contributed by atoms with Crippen molar-refractivity contribution in [2.45, 2.75) is 12.5 Å². The molecule has 7 heteroatoms. The molecule has 102 valence electrons. The van der Waals surface area contributed by atoms with Crippen LogP contribution in [0, 0.1) is 0 Å². The summed E-state index contributed by atoms with van der Waals surface area (Å²) in [6.45, 7) is 3.39. The number of hydrogen-bond acceptors (Lipinski definition) is 4. The fourth-order valence-electron chi connectivity index (χ4n) is 1.29. The number of pyridine rings is 1. The van der Waals surface area contributed by atoms with E-state index in [0.29, 0.717) is 10.7 Å². The van der Waals surface area contributed by atoms with Gasteiger partial charge in [-0.1, -0.05) is 24.3 Å². The molecule has 19 heavy (non-hydrogen) atoms. The first kappa shape index (κ1) is 15.0. The monoisotopic (exact) mass is 284 g/mol. The van der Waals surface area contributed by atoms with E-state index < -0.39 is 18.1 Å². The Hall–Kier alpha value is -2.08. The Morgan fingerprint density at radius 3 is 2.95 bits per heavy atom. The quantitative estimate of drug-likeness (QED) is 0.775. The Bertz CT molecular complexity index is 479. The first-order valence-electron chi connectivity index (χ1n) is 5.40. The first-order valence-corrected chi connectivity index (χ1v) is 5.78. The van der Waals surface area contributed by atoms with Gasteiger partial charge in [0.25, 0.3) is 0 Å². The second-order valence-corrected chi connectivity index (χ2v) is 4.03. The Morgan fingerprint density at radius 2 is 2.37 bits per heavy atom. The topological polar surface area (TPSA) is 88.5 Å². The Morgan fingerprint density at radius 1 is 1.63 bits per heavy atom. The highest BCUT2D eigenvalue weighted by Gasteiger charge is 2.21. The van der Waals surface area contributed by atoms with Crippen molar-refractivity contribution in [3.63, 3.8) is 0 Å². The molecule has 0 aliphatic heterocycles. The third-order valence-corrected chi connectivity index (χ3v) is 2.35. The van der Waals surface area contributed by atoms with Crippen LogP contribution in [0.2, 0.25) is 5.02 Å². The third-order valence-electron chi connectivity index (χ3n) is 2.11. The van der Waals surface area contributed by atoms with Gasteiger partial charge < -0.3 is 15.2 Å². The molecular weight excluding hydrogens is 272 g/mol. The van der Waals surface area contributed by atoms with Crippen LogP contribution < -0.4 is 5.32 Å². The second kappa shape index (κ2) is 7.38. The molecule has 2 N–H and O–H groups in total. The van der Waals surface area contributed by atoms with E-state index >= 15 is 0 Å². The van der Waals surface area contributed by atoms with Crippen LogP contribution in [0.3, 0.4) is 0 Å². The van der Waals surface area contributed by atoms with E-state index in [2.05, 4.69) is 21.6 Å². The van der Waals surface area contributed by atoms with Crippen LogP contribution in [0.4, 0.5) is 4.79 Å². The van der Waals surface area contributed by atoms with Crippen molar-refractivity contribution in [3.8, 4) is 0 Å². The molecule has 0 saturated carbocycles. The molecule has 6 nitrogen and oxygen atoms in total. The molecule has 0 bridgehead atoms. The maximum Gasteiger partial charge on any atom is 0.408 e. The molecule has 0 radical (unpaired) electrons. The zero-order chi connectivity index (χ0) is 14.3. The number of aliphatic carboxylic acids is 1. The average Bonchev–Trinajstić information content (AvgIpc) is 2.35. The van der Waals surface area contributed by atoms with Crippen molar-refractivity contribution < 1.29 is 19.4 Å². The number of halogens is 1. The van der Waals surface area contributed by atoms with Gasteiger partial charge in [0.1, 0.15) is 12.6 Å². The lowest BCUT2D eigenvalue weighted by atomic mass is 10.1. The largest absolute Gasteiger partial charge is 0.480 e. The van der Waals surface area contributed by atoms with Gasteiger partial charge in [-0.25, -0.2) is 9.59 Å². The number of carbonyl (C=O) groups is 2. The summed E-state index contributed by atoms with van der Waals surface area (Å²) >= 11 is 5.77. The van der Waals surface area contributed by atoms with Crippen LogP contribution in [-0.4, -0.2) is 34.8 Å². The molecule has 0 spiro atoms. The minimum absolute atomic E-state index is 0.00753. The zero-order valence-electron chi connectivity index (χ0n) is 10.0. The molecule has 1 atom stereocenters. The van der Waals surface area contributed by atoms with Gasteiger partial charge in [-0.15, -0.1) is 0 Å². The van der Waals surface area contributed by atoms with Gasteiger partial charge in [0.2, 0.25) is 0 Å². The van der Waals surface area contributed by atoms with Crippen molar-refractivity contribution in [1.82, 2.24) is 10.3 Å². The van der Waals surface area contributed by atoms with Crippen LogP contribution in [-0.2, 0) is 16.0 Å². The van der Waals surface area contributed by atoms with Crippen molar-refractivity contribution >= 4 is 23.7 Å². The van der Waals surface area contributed by atoms with Gasteiger partial charge >= 0.3 is 12.1 Å². The lowest BCUT2D eigenvalue weighted by Gasteiger charge is -2.13. The van der Waals surface area contributed by atoms with E-state index in [0.717, 1.165) is 0 Å². The summed E-state index contributed by atoms with van der Waals surface area (Å²) in [5, 5.41) is 11.7. The van der Waals surface area contributed by atoms with Gasteiger partial charge in [0.15, 0.2) is 0 Å². The van der Waals surface area contributed by atoms with E-state index in [4.69, 9.17) is 16.7 Å². The summed E-state index contributed by atoms with van der Waals surface area (Å²) in [5.41, 5.74) is 0.462. The normalized spacial score (nSPS) is 11.4. The van der Waals surface area contributed by atoms with Gasteiger partial charge in [0.05, 0.1) is 0 Å². The Kier molecular flexibility index (Phi) is 5.81. The summed E-state index contributed by atoms with van der Waals surface area (Å²) in [4.78, 5) is 26.3. The molecule has 1 rings (SSSR count). The number of nitrogens with one attached hydrogen (secondary N) is 1. The van der Waals surface area contributed by atoms with Crippen LogP contribution in [0.5, 0.6) is 0 Å². The summed E-state index contributed by atoms with van der Waals surface area (Å²) in [7, 11) is 0. The number of rotatable bonds is 6. The molecule has 1 aromatic rings. The predicted octanol–water partition coefficient (Wildman–Crippen LogP) is 1.64. The van der Waals surface area contributed by atoms with E-state index in [1.54, 1.807) is 6.07 Å². The highest BCUT2D eigenvalue weighted by Crippen LogP contribution is 2.09. The van der Waals surface area contributed by atoms with Crippen molar-refractivity contribution in [3.05, 3.63) is 41.7 Å². The van der Waals surface area contributed by atoms with Gasteiger partial charge in [-0.3, -0.25) is 4.98 Å². The van der Waals surface area contributed by atoms with Crippen LogP contribution in [0.1, 0.15) is 5.69 Å². The summed E-state index contributed by atoms with van der Waals surface area (Å²) in [6, 6.07) is 1.98.